The van der Waals surface area contributed by atoms with Crippen LogP contribution in [-0.2, 0) is 24.2 Å². The highest BCUT2D eigenvalue weighted by molar-refractivity contribution is 5.33. The van der Waals surface area contributed by atoms with Crippen molar-refractivity contribution < 1.29 is 4.74 Å². The van der Waals surface area contributed by atoms with Crippen molar-refractivity contribution in [3.8, 4) is 0 Å². The largest absolute Gasteiger partial charge is 0.376 e. The summed E-state index contributed by atoms with van der Waals surface area (Å²) < 4.78 is 5.40. The summed E-state index contributed by atoms with van der Waals surface area (Å²) in [7, 11) is 0. The monoisotopic (exact) mass is 191 g/mol. The Morgan fingerprint density at radius 2 is 2.21 bits per heavy atom. The molecule has 1 aliphatic rings. The highest BCUT2D eigenvalue weighted by Gasteiger charge is 2.09. The quantitative estimate of drug-likeness (QED) is 0.788. The van der Waals surface area contributed by atoms with Crippen molar-refractivity contribution in [2.45, 2.75) is 25.9 Å². The number of hydrogen-bond acceptors (Lipinski definition) is 2. The fourth-order valence-corrected chi connectivity index (χ4v) is 1.88. The molecule has 0 saturated carbocycles. The van der Waals surface area contributed by atoms with Crippen molar-refractivity contribution in [3.05, 3.63) is 34.9 Å². The molecule has 0 aromatic heterocycles. The van der Waals surface area contributed by atoms with E-state index in [9.17, 15) is 0 Å². The molecule has 0 amide bonds. The maximum Gasteiger partial charge on any atom is 0.0719 e. The molecular weight excluding hydrogens is 174 g/mol. The van der Waals surface area contributed by atoms with E-state index < -0.39 is 0 Å². The summed E-state index contributed by atoms with van der Waals surface area (Å²) in [4.78, 5) is 0. The first-order valence-corrected chi connectivity index (χ1v) is 5.28. The second-order valence-corrected chi connectivity index (χ2v) is 3.80. The van der Waals surface area contributed by atoms with E-state index in [-0.39, 0.29) is 0 Å². The van der Waals surface area contributed by atoms with Crippen LogP contribution in [0.5, 0.6) is 0 Å². The Hall–Kier alpha value is -0.860. The van der Waals surface area contributed by atoms with E-state index >= 15 is 0 Å². The summed E-state index contributed by atoms with van der Waals surface area (Å²) in [6, 6.07) is 6.71. The molecule has 1 heterocycles. The second-order valence-electron chi connectivity index (χ2n) is 3.80. The molecule has 1 aliphatic heterocycles. The van der Waals surface area contributed by atoms with Gasteiger partial charge in [0.1, 0.15) is 0 Å². The minimum absolute atomic E-state index is 0.778. The van der Waals surface area contributed by atoms with E-state index in [4.69, 9.17) is 10.5 Å². The van der Waals surface area contributed by atoms with Gasteiger partial charge in [0.15, 0.2) is 0 Å². The Morgan fingerprint density at radius 3 is 3.07 bits per heavy atom. The molecule has 2 rings (SSSR count). The van der Waals surface area contributed by atoms with E-state index in [1.807, 2.05) is 0 Å². The molecule has 14 heavy (non-hydrogen) atoms. The highest BCUT2D eigenvalue weighted by atomic mass is 16.5. The third-order valence-corrected chi connectivity index (χ3v) is 2.71. The molecule has 76 valence electrons. The van der Waals surface area contributed by atoms with E-state index in [0.29, 0.717) is 0 Å². The molecule has 2 heteroatoms. The Kier molecular flexibility index (Phi) is 3.17. The van der Waals surface area contributed by atoms with Crippen LogP contribution in [-0.4, -0.2) is 13.2 Å². The van der Waals surface area contributed by atoms with Crippen LogP contribution in [0.1, 0.15) is 23.1 Å². The van der Waals surface area contributed by atoms with Crippen LogP contribution in [0.3, 0.4) is 0 Å². The van der Waals surface area contributed by atoms with Crippen LogP contribution in [0.2, 0.25) is 0 Å². The van der Waals surface area contributed by atoms with Gasteiger partial charge in [-0.1, -0.05) is 18.2 Å². The van der Waals surface area contributed by atoms with Gasteiger partial charge in [-0.3, -0.25) is 0 Å². The Balaban J connectivity index is 2.12. The van der Waals surface area contributed by atoms with Crippen LogP contribution >= 0.6 is 0 Å². The van der Waals surface area contributed by atoms with Gasteiger partial charge in [0, 0.05) is 0 Å². The lowest BCUT2D eigenvalue weighted by Crippen LogP contribution is -2.10. The lowest BCUT2D eigenvalue weighted by Gasteiger charge is -2.17. The molecule has 0 aliphatic carbocycles. The maximum atomic E-state index is 5.49. The Labute approximate surface area is 85.1 Å². The third kappa shape index (κ3) is 2.14. The molecule has 0 unspecified atom stereocenters. The molecule has 0 fully saturated rings. The van der Waals surface area contributed by atoms with Crippen molar-refractivity contribution in [2.75, 3.05) is 13.2 Å². The third-order valence-electron chi connectivity index (χ3n) is 2.71. The minimum Gasteiger partial charge on any atom is -0.376 e. The van der Waals surface area contributed by atoms with Crippen molar-refractivity contribution in [1.82, 2.24) is 0 Å². The van der Waals surface area contributed by atoms with Crippen LogP contribution in [0.15, 0.2) is 18.2 Å². The summed E-state index contributed by atoms with van der Waals surface area (Å²) in [5, 5.41) is 0. The number of nitrogens with two attached hydrogens (primary N) is 1. The zero-order valence-corrected chi connectivity index (χ0v) is 8.46. The van der Waals surface area contributed by atoms with E-state index in [0.717, 1.165) is 39.0 Å². The zero-order chi connectivity index (χ0) is 9.80. The van der Waals surface area contributed by atoms with E-state index in [1.54, 1.807) is 0 Å². The molecule has 1 aromatic carbocycles. The SMILES string of the molecule is NCCCc1ccc2c(c1)CCOC2. The van der Waals surface area contributed by atoms with Crippen molar-refractivity contribution >= 4 is 0 Å². The second kappa shape index (κ2) is 4.58. The van der Waals surface area contributed by atoms with Gasteiger partial charge in [-0.2, -0.15) is 0 Å². The Bertz CT molecular complexity index is 309. The van der Waals surface area contributed by atoms with E-state index in [1.165, 1.54) is 16.7 Å². The molecule has 0 saturated heterocycles. The molecule has 0 radical (unpaired) electrons. The summed E-state index contributed by atoms with van der Waals surface area (Å²) in [5.41, 5.74) is 9.73. The number of hydrogen-bond donors (Lipinski definition) is 1. The van der Waals surface area contributed by atoms with Crippen LogP contribution in [0.25, 0.3) is 0 Å². The van der Waals surface area contributed by atoms with Gasteiger partial charge in [-0.05, 0) is 42.5 Å². The normalized spacial score (nSPS) is 15.2. The predicted octanol–water partition coefficient (Wildman–Crippen LogP) is 1.65. The van der Waals surface area contributed by atoms with Gasteiger partial charge in [-0.15, -0.1) is 0 Å². The van der Waals surface area contributed by atoms with Crippen molar-refractivity contribution in [2.24, 2.45) is 5.73 Å². The molecule has 2 N–H and O–H groups in total. The van der Waals surface area contributed by atoms with E-state index in [2.05, 4.69) is 18.2 Å². The number of benzene rings is 1. The average molecular weight is 191 g/mol. The van der Waals surface area contributed by atoms with Crippen molar-refractivity contribution in [3.63, 3.8) is 0 Å². The molecule has 0 spiro atoms. The molecule has 0 bridgehead atoms. The fraction of sp³-hybridized carbons (Fsp3) is 0.500. The lowest BCUT2D eigenvalue weighted by molar-refractivity contribution is 0.110. The molecule has 2 nitrogen and oxygen atoms in total. The van der Waals surface area contributed by atoms with Gasteiger partial charge in [-0.25, -0.2) is 0 Å². The summed E-state index contributed by atoms with van der Waals surface area (Å²) >= 11 is 0. The van der Waals surface area contributed by atoms with Crippen LogP contribution < -0.4 is 5.73 Å². The standard InChI is InChI=1S/C12H17NO/c13-6-1-2-10-3-4-12-9-14-7-5-11(12)8-10/h3-4,8H,1-2,5-7,9,13H2. The Morgan fingerprint density at radius 1 is 1.29 bits per heavy atom. The first-order chi connectivity index (χ1) is 6.90. The van der Waals surface area contributed by atoms with Gasteiger partial charge >= 0.3 is 0 Å². The average Bonchev–Trinajstić information content (AvgIpc) is 2.26. The number of aryl methyl sites for hydroxylation is 1. The fourth-order valence-electron chi connectivity index (χ4n) is 1.88. The smallest absolute Gasteiger partial charge is 0.0719 e. The molecular formula is C12H17NO. The number of rotatable bonds is 3. The number of fused-ring (bicyclic) bond motifs is 1. The summed E-state index contributed by atoms with van der Waals surface area (Å²) in [6.45, 7) is 2.43. The maximum absolute atomic E-state index is 5.49. The minimum atomic E-state index is 0.778. The zero-order valence-electron chi connectivity index (χ0n) is 8.46. The van der Waals surface area contributed by atoms with Crippen LogP contribution in [0, 0.1) is 0 Å². The van der Waals surface area contributed by atoms with Gasteiger partial charge in [0.25, 0.3) is 0 Å². The summed E-state index contributed by atoms with van der Waals surface area (Å²) in [6.07, 6.45) is 3.24. The first kappa shape index (κ1) is 9.69. The predicted molar refractivity (Wildman–Crippen MR) is 57.2 cm³/mol. The summed E-state index contributed by atoms with van der Waals surface area (Å²) in [5.74, 6) is 0. The van der Waals surface area contributed by atoms with Crippen molar-refractivity contribution in [1.29, 1.82) is 0 Å². The highest BCUT2D eigenvalue weighted by Crippen LogP contribution is 2.18. The van der Waals surface area contributed by atoms with Gasteiger partial charge < -0.3 is 10.5 Å². The van der Waals surface area contributed by atoms with Gasteiger partial charge in [0.05, 0.1) is 13.2 Å². The molecule has 1 aromatic rings. The number of ether oxygens (including phenoxy) is 1. The first-order valence-electron chi connectivity index (χ1n) is 5.28. The lowest BCUT2D eigenvalue weighted by atomic mass is 9.98. The topological polar surface area (TPSA) is 35.2 Å². The molecule has 0 atom stereocenters. The van der Waals surface area contributed by atoms with Gasteiger partial charge in [0.2, 0.25) is 0 Å². The van der Waals surface area contributed by atoms with Crippen LogP contribution in [0.4, 0.5) is 0 Å².